The van der Waals surface area contributed by atoms with Crippen molar-refractivity contribution in [2.45, 2.75) is 64.7 Å². The first kappa shape index (κ1) is 20.8. The van der Waals surface area contributed by atoms with Crippen LogP contribution in [0.15, 0.2) is 60.0 Å². The van der Waals surface area contributed by atoms with Crippen LogP contribution in [0.4, 0.5) is 0 Å². The van der Waals surface area contributed by atoms with Crippen molar-refractivity contribution in [2.75, 3.05) is 0 Å². The van der Waals surface area contributed by atoms with Gasteiger partial charge in [0.05, 0.1) is 5.71 Å². The lowest BCUT2D eigenvalue weighted by Gasteiger charge is -2.08. The highest BCUT2D eigenvalue weighted by Gasteiger charge is 2.08. The zero-order valence-electron chi connectivity index (χ0n) is 16.4. The summed E-state index contributed by atoms with van der Waals surface area (Å²) in [5.41, 5.74) is 5.38. The number of carbonyl (C=O) groups excluding carboxylic acids is 1. The summed E-state index contributed by atoms with van der Waals surface area (Å²) in [5.74, 6) is -0.0246. The van der Waals surface area contributed by atoms with E-state index in [4.69, 9.17) is 0 Å². The molecule has 1 amide bonds. The second-order valence-electron chi connectivity index (χ2n) is 6.82. The van der Waals surface area contributed by atoms with E-state index in [0.29, 0.717) is 6.42 Å². The molecule has 0 unspecified atom stereocenters. The fourth-order valence-corrected chi connectivity index (χ4v) is 3.00. The van der Waals surface area contributed by atoms with Gasteiger partial charge in [0, 0.05) is 29.9 Å². The molecule has 2 rings (SSSR count). The summed E-state index contributed by atoms with van der Waals surface area (Å²) >= 11 is 0. The lowest BCUT2D eigenvalue weighted by Crippen LogP contribution is -2.20. The lowest BCUT2D eigenvalue weighted by molar-refractivity contribution is -0.121. The molecule has 27 heavy (non-hydrogen) atoms. The fourth-order valence-electron chi connectivity index (χ4n) is 3.00. The van der Waals surface area contributed by atoms with Gasteiger partial charge in [0.1, 0.15) is 0 Å². The molecule has 0 aliphatic heterocycles. The van der Waals surface area contributed by atoms with E-state index < -0.39 is 0 Å². The van der Waals surface area contributed by atoms with Crippen molar-refractivity contribution in [1.82, 2.24) is 10.4 Å². The number of nitrogens with one attached hydrogen (secondary N) is 1. The first-order chi connectivity index (χ1) is 13.3. The smallest absolute Gasteiger partial charge is 0.240 e. The molecule has 4 heteroatoms. The average Bonchev–Trinajstić information content (AvgIpc) is 2.72. The van der Waals surface area contributed by atoms with Crippen LogP contribution in [0.2, 0.25) is 0 Å². The van der Waals surface area contributed by atoms with E-state index in [-0.39, 0.29) is 5.91 Å². The highest BCUT2D eigenvalue weighted by Crippen LogP contribution is 2.11. The number of carbonyl (C=O) groups is 1. The second-order valence-corrected chi connectivity index (χ2v) is 6.82. The Balaban J connectivity index is 1.81. The molecule has 0 aliphatic rings. The molecule has 0 radical (unpaired) electrons. The summed E-state index contributed by atoms with van der Waals surface area (Å²) in [6.07, 6.45) is 13.8. The van der Waals surface area contributed by atoms with Gasteiger partial charge in [-0.05, 0) is 18.6 Å². The third-order valence-corrected chi connectivity index (χ3v) is 4.55. The number of rotatable bonds is 12. The molecule has 0 bridgehead atoms. The van der Waals surface area contributed by atoms with Crippen molar-refractivity contribution in [3.8, 4) is 0 Å². The standard InChI is InChI=1S/C23H31N3O/c1-2-3-4-5-6-7-8-12-15-22(27)25-26-23(20-13-10-9-11-14-20)21-16-18-24-19-17-21/h9-11,13-14,16-19H,2-8,12,15H2,1H3,(H,25,27)/b26-23+. The van der Waals surface area contributed by atoms with Crippen molar-refractivity contribution in [3.05, 3.63) is 66.0 Å². The van der Waals surface area contributed by atoms with Gasteiger partial charge >= 0.3 is 0 Å². The number of hydrazone groups is 1. The molecule has 0 aliphatic carbocycles. The Hall–Kier alpha value is -2.49. The molecule has 1 N–H and O–H groups in total. The van der Waals surface area contributed by atoms with Gasteiger partial charge in [-0.3, -0.25) is 9.78 Å². The SMILES string of the molecule is CCCCCCCCCCC(=O)N/N=C(\c1ccccc1)c1ccncc1. The van der Waals surface area contributed by atoms with Crippen LogP contribution in [-0.4, -0.2) is 16.6 Å². The van der Waals surface area contributed by atoms with Crippen LogP contribution in [0.3, 0.4) is 0 Å². The van der Waals surface area contributed by atoms with Gasteiger partial charge < -0.3 is 0 Å². The molecular weight excluding hydrogens is 334 g/mol. The minimum absolute atomic E-state index is 0.0246. The van der Waals surface area contributed by atoms with E-state index in [2.05, 4.69) is 22.4 Å². The lowest BCUT2D eigenvalue weighted by atomic mass is 10.0. The Kier molecular flexibility index (Phi) is 9.87. The number of benzene rings is 1. The average molecular weight is 366 g/mol. The number of unbranched alkanes of at least 4 members (excludes halogenated alkanes) is 7. The van der Waals surface area contributed by atoms with Gasteiger partial charge in [0.2, 0.25) is 5.91 Å². The van der Waals surface area contributed by atoms with E-state index in [0.717, 1.165) is 29.7 Å². The van der Waals surface area contributed by atoms with Crippen LogP contribution in [-0.2, 0) is 4.79 Å². The zero-order chi connectivity index (χ0) is 19.2. The predicted octanol–water partition coefficient (Wildman–Crippen LogP) is 5.48. The normalized spacial score (nSPS) is 11.4. The van der Waals surface area contributed by atoms with E-state index in [1.165, 1.54) is 38.5 Å². The second kappa shape index (κ2) is 12.8. The molecule has 0 saturated heterocycles. The summed E-state index contributed by atoms with van der Waals surface area (Å²) in [4.78, 5) is 16.2. The van der Waals surface area contributed by atoms with Crippen molar-refractivity contribution in [3.63, 3.8) is 0 Å². The molecular formula is C23H31N3O. The Morgan fingerprint density at radius 2 is 1.44 bits per heavy atom. The van der Waals surface area contributed by atoms with Crippen LogP contribution in [0.1, 0.15) is 75.8 Å². The number of hydrogen-bond donors (Lipinski definition) is 1. The van der Waals surface area contributed by atoms with Crippen molar-refractivity contribution >= 4 is 11.6 Å². The van der Waals surface area contributed by atoms with E-state index >= 15 is 0 Å². The Morgan fingerprint density at radius 1 is 0.852 bits per heavy atom. The zero-order valence-corrected chi connectivity index (χ0v) is 16.4. The summed E-state index contributed by atoms with van der Waals surface area (Å²) in [6, 6.07) is 13.7. The number of aromatic nitrogens is 1. The van der Waals surface area contributed by atoms with Gasteiger partial charge in [-0.25, -0.2) is 5.43 Å². The fraction of sp³-hybridized carbons (Fsp3) is 0.435. The first-order valence-corrected chi connectivity index (χ1v) is 10.1. The van der Waals surface area contributed by atoms with Crippen molar-refractivity contribution in [1.29, 1.82) is 0 Å². The molecule has 1 heterocycles. The molecule has 1 aromatic heterocycles. The minimum Gasteiger partial charge on any atom is -0.273 e. The Bertz CT molecular complexity index is 642. The minimum atomic E-state index is -0.0246. The quantitative estimate of drug-likeness (QED) is 0.307. The molecule has 0 spiro atoms. The van der Waals surface area contributed by atoms with E-state index in [9.17, 15) is 4.79 Å². The monoisotopic (exact) mass is 365 g/mol. The first-order valence-electron chi connectivity index (χ1n) is 10.1. The maximum atomic E-state index is 12.2. The van der Waals surface area contributed by atoms with Crippen LogP contribution in [0.5, 0.6) is 0 Å². The molecule has 0 saturated carbocycles. The molecule has 2 aromatic rings. The molecule has 144 valence electrons. The summed E-state index contributed by atoms with van der Waals surface area (Å²) < 4.78 is 0. The molecule has 4 nitrogen and oxygen atoms in total. The third-order valence-electron chi connectivity index (χ3n) is 4.55. The van der Waals surface area contributed by atoms with Gasteiger partial charge in [-0.1, -0.05) is 82.2 Å². The molecule has 0 fully saturated rings. The topological polar surface area (TPSA) is 54.4 Å². The number of amides is 1. The van der Waals surface area contributed by atoms with Gasteiger partial charge in [-0.15, -0.1) is 0 Å². The highest BCUT2D eigenvalue weighted by molar-refractivity contribution is 6.13. The molecule has 0 atom stereocenters. The predicted molar refractivity (Wildman–Crippen MR) is 112 cm³/mol. The summed E-state index contributed by atoms with van der Waals surface area (Å²) in [5, 5.41) is 4.40. The largest absolute Gasteiger partial charge is 0.273 e. The maximum absolute atomic E-state index is 12.2. The summed E-state index contributed by atoms with van der Waals surface area (Å²) in [7, 11) is 0. The van der Waals surface area contributed by atoms with Crippen LogP contribution >= 0.6 is 0 Å². The Morgan fingerprint density at radius 3 is 2.11 bits per heavy atom. The van der Waals surface area contributed by atoms with Crippen LogP contribution in [0.25, 0.3) is 0 Å². The highest BCUT2D eigenvalue weighted by atomic mass is 16.2. The van der Waals surface area contributed by atoms with Crippen molar-refractivity contribution < 1.29 is 4.79 Å². The van der Waals surface area contributed by atoms with Gasteiger partial charge in [-0.2, -0.15) is 5.10 Å². The molecule has 1 aromatic carbocycles. The van der Waals surface area contributed by atoms with Gasteiger partial charge in [0.15, 0.2) is 0 Å². The Labute approximate surface area is 163 Å². The third kappa shape index (κ3) is 8.16. The van der Waals surface area contributed by atoms with Gasteiger partial charge in [0.25, 0.3) is 0 Å². The van der Waals surface area contributed by atoms with Crippen LogP contribution in [0, 0.1) is 0 Å². The van der Waals surface area contributed by atoms with E-state index in [1.807, 2.05) is 42.5 Å². The number of pyridine rings is 1. The summed E-state index contributed by atoms with van der Waals surface area (Å²) in [6.45, 7) is 2.24. The van der Waals surface area contributed by atoms with E-state index in [1.54, 1.807) is 12.4 Å². The van der Waals surface area contributed by atoms with Crippen molar-refractivity contribution in [2.24, 2.45) is 5.10 Å². The number of hydrogen-bond acceptors (Lipinski definition) is 3. The maximum Gasteiger partial charge on any atom is 0.240 e. The number of nitrogens with zero attached hydrogens (tertiary/aromatic N) is 2. The van der Waals surface area contributed by atoms with Crippen LogP contribution < -0.4 is 5.43 Å².